The Labute approximate surface area is 342 Å². The van der Waals surface area contributed by atoms with Crippen LogP contribution in [0.15, 0.2) is 52.3 Å². The van der Waals surface area contributed by atoms with Crippen molar-refractivity contribution in [1.82, 2.24) is 44.3 Å². The molecule has 5 aromatic rings. The van der Waals surface area contributed by atoms with E-state index in [1.807, 2.05) is 72.4 Å². The van der Waals surface area contributed by atoms with Gasteiger partial charge in [0.15, 0.2) is 5.65 Å². The standard InChI is InChI=1S/C21H24BrClN6O2.C16H22BrN5O2/c1-13-10-27(7-8-28(13)20(30)31-21(2,3)4)18-17-15(22)11-29(19(17)26-12-25-18)16-9-14(23)5-6-24-16;1-10-8-21(5-6-22(10)15(23)24-16(2,3)4)14-12-11(17)7-18-13(12)19-9-20-14/h5-6,9,11-13H,7-8,10H2,1-4H3;7,9-10H,5-6,8H2,1-4H3,(H,18,19,20)/t13-;10-/m11/s1. The van der Waals surface area contributed by atoms with Crippen molar-refractivity contribution in [2.24, 2.45) is 0 Å². The van der Waals surface area contributed by atoms with E-state index in [0.717, 1.165) is 42.6 Å². The van der Waals surface area contributed by atoms with Gasteiger partial charge < -0.3 is 34.1 Å². The molecule has 18 heteroatoms. The third-order valence-electron chi connectivity index (χ3n) is 8.98. The molecular formula is C37H46Br2ClN11O4. The Hall–Kier alpha value is -4.22. The van der Waals surface area contributed by atoms with Crippen molar-refractivity contribution in [2.75, 3.05) is 49.1 Å². The van der Waals surface area contributed by atoms with Crippen molar-refractivity contribution in [1.29, 1.82) is 0 Å². The maximum absolute atomic E-state index is 12.6. The average molecular weight is 904 g/mol. The van der Waals surface area contributed by atoms with Gasteiger partial charge >= 0.3 is 12.2 Å². The highest BCUT2D eigenvalue weighted by Gasteiger charge is 2.34. The molecule has 7 heterocycles. The number of amides is 2. The number of pyridine rings is 1. The van der Waals surface area contributed by atoms with Gasteiger partial charge in [-0.15, -0.1) is 0 Å². The quantitative estimate of drug-likeness (QED) is 0.189. The van der Waals surface area contributed by atoms with E-state index in [1.165, 1.54) is 0 Å². The number of rotatable bonds is 3. The fraction of sp³-hybridized carbons (Fsp3) is 0.486. The summed E-state index contributed by atoms with van der Waals surface area (Å²) in [6, 6.07) is 3.54. The van der Waals surface area contributed by atoms with Gasteiger partial charge in [0.25, 0.3) is 0 Å². The molecule has 0 radical (unpaired) electrons. The lowest BCUT2D eigenvalue weighted by molar-refractivity contribution is 0.0147. The molecule has 0 saturated carbocycles. The second kappa shape index (κ2) is 16.1. The molecule has 2 amide bonds. The van der Waals surface area contributed by atoms with Gasteiger partial charge in [0.05, 0.1) is 10.8 Å². The van der Waals surface area contributed by atoms with E-state index in [2.05, 4.69) is 71.6 Å². The van der Waals surface area contributed by atoms with Crippen molar-refractivity contribution in [2.45, 2.75) is 78.7 Å². The van der Waals surface area contributed by atoms with Gasteiger partial charge in [0, 0.05) is 90.0 Å². The maximum Gasteiger partial charge on any atom is 0.410 e. The van der Waals surface area contributed by atoms with E-state index in [4.69, 9.17) is 21.1 Å². The molecule has 55 heavy (non-hydrogen) atoms. The summed E-state index contributed by atoms with van der Waals surface area (Å²) in [6.45, 7) is 19.1. The first-order valence-electron chi connectivity index (χ1n) is 18.0. The first-order chi connectivity index (χ1) is 25.9. The largest absolute Gasteiger partial charge is 0.444 e. The lowest BCUT2D eigenvalue weighted by Crippen LogP contribution is -2.55. The Morgan fingerprint density at radius 1 is 0.782 bits per heavy atom. The smallest absolute Gasteiger partial charge is 0.410 e. The van der Waals surface area contributed by atoms with Gasteiger partial charge in [0.1, 0.15) is 47.0 Å². The number of ether oxygens (including phenoxy) is 2. The molecule has 2 atom stereocenters. The van der Waals surface area contributed by atoms with E-state index in [9.17, 15) is 9.59 Å². The highest BCUT2D eigenvalue weighted by atomic mass is 79.9. The predicted octanol–water partition coefficient (Wildman–Crippen LogP) is 7.84. The lowest BCUT2D eigenvalue weighted by atomic mass is 10.2. The third kappa shape index (κ3) is 9.26. The van der Waals surface area contributed by atoms with Crippen LogP contribution in [0.3, 0.4) is 0 Å². The van der Waals surface area contributed by atoms with Gasteiger partial charge in [-0.3, -0.25) is 4.57 Å². The molecule has 294 valence electrons. The molecule has 0 unspecified atom stereocenters. The molecule has 5 aromatic heterocycles. The van der Waals surface area contributed by atoms with Crippen molar-refractivity contribution < 1.29 is 19.1 Å². The molecule has 1 N–H and O–H groups in total. The summed E-state index contributed by atoms with van der Waals surface area (Å²) in [4.78, 5) is 58.1. The summed E-state index contributed by atoms with van der Waals surface area (Å²) in [5.74, 6) is 2.37. The van der Waals surface area contributed by atoms with Crippen LogP contribution in [-0.4, -0.2) is 119 Å². The monoisotopic (exact) mass is 901 g/mol. The second-order valence-corrected chi connectivity index (χ2v) is 17.7. The minimum atomic E-state index is -0.519. The summed E-state index contributed by atoms with van der Waals surface area (Å²) < 4.78 is 14.7. The number of H-pyrrole nitrogens is 1. The fourth-order valence-electron chi connectivity index (χ4n) is 6.58. The Balaban J connectivity index is 0.000000193. The number of aromatic amines is 1. The van der Waals surface area contributed by atoms with Gasteiger partial charge in [-0.25, -0.2) is 34.5 Å². The number of hydrogen-bond acceptors (Lipinski definition) is 11. The zero-order valence-electron chi connectivity index (χ0n) is 32.2. The Morgan fingerprint density at radius 3 is 1.85 bits per heavy atom. The highest BCUT2D eigenvalue weighted by Crippen LogP contribution is 2.35. The summed E-state index contributed by atoms with van der Waals surface area (Å²) in [5.41, 5.74) is 0.528. The van der Waals surface area contributed by atoms with E-state index >= 15 is 0 Å². The zero-order chi connectivity index (χ0) is 39.8. The number of nitrogens with one attached hydrogen (secondary N) is 1. The Morgan fingerprint density at radius 2 is 1.33 bits per heavy atom. The molecule has 15 nitrogen and oxygen atoms in total. The van der Waals surface area contributed by atoms with Crippen molar-refractivity contribution in [3.8, 4) is 5.82 Å². The summed E-state index contributed by atoms with van der Waals surface area (Å²) in [5, 5.41) is 2.46. The molecule has 2 aliphatic heterocycles. The van der Waals surface area contributed by atoms with E-state index < -0.39 is 11.2 Å². The first kappa shape index (κ1) is 40.4. The van der Waals surface area contributed by atoms with E-state index in [-0.39, 0.29) is 24.3 Å². The number of hydrogen-bond donors (Lipinski definition) is 1. The van der Waals surface area contributed by atoms with Crippen LogP contribution >= 0.6 is 43.5 Å². The molecule has 2 fully saturated rings. The fourth-order valence-corrected chi connectivity index (χ4v) is 7.77. The highest BCUT2D eigenvalue weighted by molar-refractivity contribution is 9.11. The zero-order valence-corrected chi connectivity index (χ0v) is 36.1. The number of aromatic nitrogens is 7. The molecule has 0 bridgehead atoms. The van der Waals surface area contributed by atoms with E-state index in [1.54, 1.807) is 40.8 Å². The minimum absolute atomic E-state index is 0.0240. The minimum Gasteiger partial charge on any atom is -0.444 e. The Bertz CT molecular complexity index is 2180. The van der Waals surface area contributed by atoms with Gasteiger partial charge in [-0.05, 0) is 93.3 Å². The SMILES string of the molecule is C[C@@H]1CN(c2ncnc3[nH]cc(Br)c23)CCN1C(=O)OC(C)(C)C.C[C@@H]1CN(c2ncnc3c2c(Br)cn3-c2cc(Cl)ccn2)CCN1C(=O)OC(C)(C)C. The molecule has 0 aliphatic carbocycles. The Kier molecular flexibility index (Phi) is 11.8. The van der Waals surface area contributed by atoms with Crippen LogP contribution in [0.25, 0.3) is 27.9 Å². The molecule has 2 saturated heterocycles. The summed E-state index contributed by atoms with van der Waals surface area (Å²) >= 11 is 13.4. The number of anilines is 2. The van der Waals surface area contributed by atoms with Gasteiger partial charge in [0.2, 0.25) is 0 Å². The van der Waals surface area contributed by atoms with Crippen molar-refractivity contribution in [3.63, 3.8) is 0 Å². The predicted molar refractivity (Wildman–Crippen MR) is 220 cm³/mol. The normalized spacial score (nSPS) is 18.0. The number of nitrogens with zero attached hydrogens (tertiary/aromatic N) is 10. The number of piperazine rings is 2. The van der Waals surface area contributed by atoms with Crippen LogP contribution in [-0.2, 0) is 9.47 Å². The number of carbonyl (C=O) groups is 2. The van der Waals surface area contributed by atoms with Crippen LogP contribution in [0, 0.1) is 0 Å². The van der Waals surface area contributed by atoms with Crippen LogP contribution < -0.4 is 9.80 Å². The van der Waals surface area contributed by atoms with Crippen LogP contribution in [0.4, 0.5) is 21.2 Å². The molecular weight excluding hydrogens is 858 g/mol. The van der Waals surface area contributed by atoms with Crippen LogP contribution in [0.1, 0.15) is 55.4 Å². The number of carbonyl (C=O) groups excluding carboxylic acids is 2. The second-order valence-electron chi connectivity index (χ2n) is 15.6. The van der Waals surface area contributed by atoms with Crippen LogP contribution in [0.2, 0.25) is 5.02 Å². The summed E-state index contributed by atoms with van der Waals surface area (Å²) in [7, 11) is 0. The molecule has 2 aliphatic rings. The van der Waals surface area contributed by atoms with Crippen LogP contribution in [0.5, 0.6) is 0 Å². The van der Waals surface area contributed by atoms with Gasteiger partial charge in [-0.1, -0.05) is 11.6 Å². The molecule has 0 aromatic carbocycles. The topological polar surface area (TPSA) is 151 Å². The number of fused-ring (bicyclic) bond motifs is 2. The first-order valence-corrected chi connectivity index (χ1v) is 20.0. The molecule has 0 spiro atoms. The van der Waals surface area contributed by atoms with Crippen molar-refractivity contribution >= 4 is 89.3 Å². The average Bonchev–Trinajstić information content (AvgIpc) is 3.66. The molecule has 7 rings (SSSR count). The summed E-state index contributed by atoms with van der Waals surface area (Å²) in [6.07, 6.45) is 8.01. The van der Waals surface area contributed by atoms with E-state index in [0.29, 0.717) is 50.1 Å². The third-order valence-corrected chi connectivity index (χ3v) is 10.4. The lowest BCUT2D eigenvalue weighted by Gasteiger charge is -2.40. The van der Waals surface area contributed by atoms with Crippen molar-refractivity contribution in [3.05, 3.63) is 57.3 Å². The maximum atomic E-state index is 12.6. The van der Waals surface area contributed by atoms with Gasteiger partial charge in [-0.2, -0.15) is 0 Å². The number of halogens is 3.